The molecule has 0 radical (unpaired) electrons. The molecular weight excluding hydrogens is 237 g/mol. The predicted octanol–water partition coefficient (Wildman–Crippen LogP) is 2.05. The fourth-order valence-electron chi connectivity index (χ4n) is 1.20. The van der Waals surface area contributed by atoms with Crippen LogP contribution in [0.15, 0.2) is 18.2 Å². The Balaban J connectivity index is 0.00000196. The van der Waals surface area contributed by atoms with Gasteiger partial charge < -0.3 is 10.5 Å². The zero-order valence-electron chi connectivity index (χ0n) is 8.33. The molecular formula is C10H13Cl2NO2. The standard InChI is InChI=1S/C10H12ClNO2.ClH/c1-14-10(13)8-4-7(2-3-12)5-9(11)6-8;/h4-6H,2-3,12H2,1H3;1H. The molecule has 84 valence electrons. The summed E-state index contributed by atoms with van der Waals surface area (Å²) in [6, 6.07) is 5.11. The van der Waals surface area contributed by atoms with E-state index in [2.05, 4.69) is 4.74 Å². The molecule has 0 atom stereocenters. The number of ether oxygens (including phenoxy) is 1. The molecule has 5 heteroatoms. The number of methoxy groups -OCH3 is 1. The number of esters is 1. The zero-order chi connectivity index (χ0) is 10.6. The van der Waals surface area contributed by atoms with Crippen LogP contribution in [0.1, 0.15) is 15.9 Å². The lowest BCUT2D eigenvalue weighted by Gasteiger charge is -2.04. The van der Waals surface area contributed by atoms with Crippen molar-refractivity contribution in [2.75, 3.05) is 13.7 Å². The van der Waals surface area contributed by atoms with Gasteiger partial charge in [-0.2, -0.15) is 0 Å². The second-order valence-electron chi connectivity index (χ2n) is 2.88. The van der Waals surface area contributed by atoms with Crippen LogP contribution >= 0.6 is 24.0 Å². The molecule has 0 spiro atoms. The number of carbonyl (C=O) groups is 1. The fraction of sp³-hybridized carbons (Fsp3) is 0.300. The molecule has 0 heterocycles. The van der Waals surface area contributed by atoms with Gasteiger partial charge in [0.15, 0.2) is 0 Å². The average Bonchev–Trinajstić information content (AvgIpc) is 2.16. The first kappa shape index (κ1) is 14.2. The number of benzene rings is 1. The van der Waals surface area contributed by atoms with Gasteiger partial charge in [-0.15, -0.1) is 12.4 Å². The fourth-order valence-corrected chi connectivity index (χ4v) is 1.45. The molecule has 0 saturated heterocycles. The van der Waals surface area contributed by atoms with Crippen LogP contribution in [0.2, 0.25) is 5.02 Å². The van der Waals surface area contributed by atoms with Crippen LogP contribution in [0.4, 0.5) is 0 Å². The molecule has 2 N–H and O–H groups in total. The van der Waals surface area contributed by atoms with Crippen molar-refractivity contribution in [3.05, 3.63) is 34.3 Å². The highest BCUT2D eigenvalue weighted by Gasteiger charge is 2.07. The Bertz CT molecular complexity index is 342. The molecule has 0 saturated carbocycles. The molecule has 0 aliphatic rings. The Morgan fingerprint density at radius 3 is 2.67 bits per heavy atom. The van der Waals surface area contributed by atoms with Crippen LogP contribution in [-0.4, -0.2) is 19.6 Å². The maximum atomic E-state index is 11.2. The largest absolute Gasteiger partial charge is 0.465 e. The quantitative estimate of drug-likeness (QED) is 0.835. The molecule has 1 rings (SSSR count). The van der Waals surface area contributed by atoms with Gasteiger partial charge in [0, 0.05) is 5.02 Å². The summed E-state index contributed by atoms with van der Waals surface area (Å²) >= 11 is 5.84. The van der Waals surface area contributed by atoms with Crippen molar-refractivity contribution >= 4 is 30.0 Å². The molecule has 0 amide bonds. The molecule has 0 bridgehead atoms. The van der Waals surface area contributed by atoms with Gasteiger partial charge in [0.25, 0.3) is 0 Å². The first-order chi connectivity index (χ1) is 6.67. The van der Waals surface area contributed by atoms with Crippen molar-refractivity contribution in [1.82, 2.24) is 0 Å². The van der Waals surface area contributed by atoms with Crippen molar-refractivity contribution in [2.45, 2.75) is 6.42 Å². The minimum Gasteiger partial charge on any atom is -0.465 e. The summed E-state index contributed by atoms with van der Waals surface area (Å²) in [5.74, 6) is -0.384. The van der Waals surface area contributed by atoms with Crippen LogP contribution in [0.3, 0.4) is 0 Å². The van der Waals surface area contributed by atoms with Crippen molar-refractivity contribution in [1.29, 1.82) is 0 Å². The Labute approximate surface area is 100.0 Å². The van der Waals surface area contributed by atoms with E-state index in [0.29, 0.717) is 23.6 Å². The summed E-state index contributed by atoms with van der Waals surface area (Å²) in [5.41, 5.74) is 6.82. The van der Waals surface area contributed by atoms with Gasteiger partial charge in [-0.25, -0.2) is 4.79 Å². The summed E-state index contributed by atoms with van der Waals surface area (Å²) in [4.78, 5) is 11.2. The minimum absolute atomic E-state index is 0. The number of hydrogen-bond acceptors (Lipinski definition) is 3. The second-order valence-corrected chi connectivity index (χ2v) is 3.31. The maximum Gasteiger partial charge on any atom is 0.337 e. The van der Waals surface area contributed by atoms with E-state index in [1.807, 2.05) is 0 Å². The van der Waals surface area contributed by atoms with E-state index >= 15 is 0 Å². The first-order valence-corrected chi connectivity index (χ1v) is 4.63. The lowest BCUT2D eigenvalue weighted by atomic mass is 10.1. The lowest BCUT2D eigenvalue weighted by Crippen LogP contribution is -2.05. The van der Waals surface area contributed by atoms with E-state index in [0.717, 1.165) is 5.56 Å². The number of nitrogens with two attached hydrogens (primary N) is 1. The van der Waals surface area contributed by atoms with Gasteiger partial charge in [0.1, 0.15) is 0 Å². The summed E-state index contributed by atoms with van der Waals surface area (Å²) in [5, 5.41) is 0.524. The van der Waals surface area contributed by atoms with Crippen molar-refractivity contribution in [2.24, 2.45) is 5.73 Å². The third-order valence-corrected chi connectivity index (χ3v) is 2.03. The summed E-state index contributed by atoms with van der Waals surface area (Å²) < 4.78 is 4.60. The van der Waals surface area contributed by atoms with Crippen molar-refractivity contribution < 1.29 is 9.53 Å². The SMILES string of the molecule is COC(=O)c1cc(Cl)cc(CCN)c1.Cl. The number of carbonyl (C=O) groups excluding carboxylic acids is 1. The molecule has 1 aromatic rings. The maximum absolute atomic E-state index is 11.2. The highest BCUT2D eigenvalue weighted by atomic mass is 35.5. The van der Waals surface area contributed by atoms with Crippen LogP contribution in [0, 0.1) is 0 Å². The monoisotopic (exact) mass is 249 g/mol. The zero-order valence-corrected chi connectivity index (χ0v) is 9.90. The minimum atomic E-state index is -0.384. The molecule has 0 aliphatic carbocycles. The van der Waals surface area contributed by atoms with E-state index < -0.39 is 0 Å². The van der Waals surface area contributed by atoms with Gasteiger partial charge in [0.2, 0.25) is 0 Å². The van der Waals surface area contributed by atoms with E-state index in [1.165, 1.54) is 7.11 Å². The molecule has 15 heavy (non-hydrogen) atoms. The smallest absolute Gasteiger partial charge is 0.337 e. The summed E-state index contributed by atoms with van der Waals surface area (Å²) in [7, 11) is 1.34. The molecule has 0 aromatic heterocycles. The van der Waals surface area contributed by atoms with E-state index in [-0.39, 0.29) is 18.4 Å². The lowest BCUT2D eigenvalue weighted by molar-refractivity contribution is 0.0600. The average molecular weight is 250 g/mol. The predicted molar refractivity (Wildman–Crippen MR) is 62.8 cm³/mol. The molecule has 0 fully saturated rings. The Morgan fingerprint density at radius 2 is 2.13 bits per heavy atom. The van der Waals surface area contributed by atoms with Crippen molar-refractivity contribution in [3.8, 4) is 0 Å². The van der Waals surface area contributed by atoms with Crippen LogP contribution in [0.25, 0.3) is 0 Å². The molecule has 1 aromatic carbocycles. The van der Waals surface area contributed by atoms with Crippen LogP contribution in [0.5, 0.6) is 0 Å². The Morgan fingerprint density at radius 1 is 1.47 bits per heavy atom. The number of rotatable bonds is 3. The van der Waals surface area contributed by atoms with Gasteiger partial charge >= 0.3 is 5.97 Å². The van der Waals surface area contributed by atoms with Gasteiger partial charge in [-0.1, -0.05) is 11.6 Å². The van der Waals surface area contributed by atoms with Crippen LogP contribution < -0.4 is 5.73 Å². The topological polar surface area (TPSA) is 52.3 Å². The van der Waals surface area contributed by atoms with Gasteiger partial charge in [0.05, 0.1) is 12.7 Å². The third-order valence-electron chi connectivity index (χ3n) is 1.81. The number of hydrogen-bond donors (Lipinski definition) is 1. The van der Waals surface area contributed by atoms with E-state index in [4.69, 9.17) is 17.3 Å². The molecule has 0 unspecified atom stereocenters. The Hall–Kier alpha value is -0.770. The molecule has 3 nitrogen and oxygen atoms in total. The normalized spacial score (nSPS) is 9.27. The second kappa shape index (κ2) is 6.67. The van der Waals surface area contributed by atoms with Gasteiger partial charge in [-0.05, 0) is 36.7 Å². The molecule has 0 aliphatic heterocycles. The summed E-state index contributed by atoms with van der Waals surface area (Å²) in [6.07, 6.45) is 0.699. The first-order valence-electron chi connectivity index (χ1n) is 4.25. The summed E-state index contributed by atoms with van der Waals surface area (Å²) in [6.45, 7) is 0.529. The van der Waals surface area contributed by atoms with Gasteiger partial charge in [-0.3, -0.25) is 0 Å². The number of halogens is 2. The third kappa shape index (κ3) is 4.08. The Kier molecular flexibility index (Phi) is 6.32. The van der Waals surface area contributed by atoms with E-state index in [1.54, 1.807) is 18.2 Å². The highest BCUT2D eigenvalue weighted by Crippen LogP contribution is 2.16. The highest BCUT2D eigenvalue weighted by molar-refractivity contribution is 6.31. The van der Waals surface area contributed by atoms with E-state index in [9.17, 15) is 4.79 Å². The van der Waals surface area contributed by atoms with Crippen molar-refractivity contribution in [3.63, 3.8) is 0 Å². The van der Waals surface area contributed by atoms with Crippen LogP contribution in [-0.2, 0) is 11.2 Å².